The van der Waals surface area contributed by atoms with Crippen LogP contribution in [0.2, 0.25) is 0 Å². The molecule has 0 unspecified atom stereocenters. The third-order valence-corrected chi connectivity index (χ3v) is 9.69. The molecule has 8 heteroatoms. The molecule has 1 aromatic rings. The summed E-state index contributed by atoms with van der Waals surface area (Å²) in [4.78, 5) is 44.6. The summed E-state index contributed by atoms with van der Waals surface area (Å²) in [6.45, 7) is 9.41. The third-order valence-electron chi connectivity index (χ3n) is 8.70. The first-order valence-corrected chi connectivity index (χ1v) is 12.8. The van der Waals surface area contributed by atoms with E-state index in [1.165, 1.54) is 4.88 Å². The molecule has 0 radical (unpaired) electrons. The number of nitrogens with one attached hydrogen (secondary N) is 1. The number of piperidine rings is 1. The quantitative estimate of drug-likeness (QED) is 0.683. The number of thiazole rings is 1. The molecule has 0 bridgehead atoms. The average Bonchev–Trinajstić information content (AvgIpc) is 3.27. The van der Waals surface area contributed by atoms with Gasteiger partial charge >= 0.3 is 5.97 Å². The first-order chi connectivity index (χ1) is 15.2. The number of rotatable bonds is 2. The number of hydrogen-bond acceptors (Lipinski definition) is 6. The van der Waals surface area contributed by atoms with Crippen molar-refractivity contribution in [3.05, 3.63) is 10.6 Å². The summed E-state index contributed by atoms with van der Waals surface area (Å²) in [5, 5.41) is 3.74. The number of carbonyl (C=O) groups excluding carboxylic acids is 3. The van der Waals surface area contributed by atoms with Crippen LogP contribution in [-0.4, -0.2) is 46.9 Å². The van der Waals surface area contributed by atoms with Gasteiger partial charge in [0.1, 0.15) is 6.10 Å². The first kappa shape index (κ1) is 21.9. The summed E-state index contributed by atoms with van der Waals surface area (Å²) in [6, 6.07) is 0. The van der Waals surface area contributed by atoms with Gasteiger partial charge in [-0.2, -0.15) is 0 Å². The molecule has 1 saturated carbocycles. The number of ether oxygens (including phenoxy) is 1. The molecule has 3 fully saturated rings. The van der Waals surface area contributed by atoms with Crippen molar-refractivity contribution in [2.45, 2.75) is 71.8 Å². The van der Waals surface area contributed by atoms with Gasteiger partial charge in [0.25, 0.3) is 0 Å². The Kier molecular flexibility index (Phi) is 5.34. The smallest absolute Gasteiger partial charge is 0.309 e. The van der Waals surface area contributed by atoms with Crippen LogP contribution >= 0.6 is 11.3 Å². The number of esters is 1. The number of amides is 2. The molecular weight excluding hydrogens is 426 g/mol. The van der Waals surface area contributed by atoms with Crippen molar-refractivity contribution >= 4 is 34.3 Å². The van der Waals surface area contributed by atoms with Gasteiger partial charge in [-0.25, -0.2) is 4.98 Å². The molecule has 1 aromatic heterocycles. The molecule has 0 aromatic carbocycles. The molecule has 2 amide bonds. The van der Waals surface area contributed by atoms with Crippen molar-refractivity contribution < 1.29 is 19.1 Å². The lowest BCUT2D eigenvalue weighted by atomic mass is 9.54. The van der Waals surface area contributed by atoms with Gasteiger partial charge in [0.05, 0.1) is 11.6 Å². The van der Waals surface area contributed by atoms with Crippen molar-refractivity contribution in [2.24, 2.45) is 29.1 Å². The number of fused-ring (bicyclic) bond motifs is 4. The molecule has 5 rings (SSSR count). The maximum Gasteiger partial charge on any atom is 0.309 e. The van der Waals surface area contributed by atoms with Crippen LogP contribution in [0.1, 0.15) is 69.9 Å². The van der Waals surface area contributed by atoms with E-state index < -0.39 is 0 Å². The highest BCUT2D eigenvalue weighted by Crippen LogP contribution is 2.59. The van der Waals surface area contributed by atoms with Crippen molar-refractivity contribution in [3.8, 4) is 0 Å². The molecule has 2 aliphatic heterocycles. The van der Waals surface area contributed by atoms with Crippen molar-refractivity contribution in [2.75, 3.05) is 18.4 Å². The van der Waals surface area contributed by atoms with E-state index in [2.05, 4.69) is 19.2 Å². The molecule has 6 atom stereocenters. The lowest BCUT2D eigenvalue weighted by Crippen LogP contribution is -2.50. The Bertz CT molecular complexity index is 953. The topological polar surface area (TPSA) is 88.6 Å². The fraction of sp³-hybridized carbons (Fsp3) is 0.750. The van der Waals surface area contributed by atoms with Gasteiger partial charge in [0.15, 0.2) is 5.13 Å². The second kappa shape index (κ2) is 7.82. The van der Waals surface area contributed by atoms with E-state index >= 15 is 0 Å². The zero-order valence-corrected chi connectivity index (χ0v) is 20.2. The maximum atomic E-state index is 12.9. The van der Waals surface area contributed by atoms with E-state index in [1.807, 2.05) is 6.92 Å². The van der Waals surface area contributed by atoms with Gasteiger partial charge in [-0.05, 0) is 37.5 Å². The second-order valence-electron chi connectivity index (χ2n) is 10.6. The molecule has 1 N–H and O–H groups in total. The molecular formula is C24H33N3O4S. The van der Waals surface area contributed by atoms with E-state index in [1.54, 1.807) is 23.2 Å². The van der Waals surface area contributed by atoms with E-state index in [0.29, 0.717) is 37.0 Å². The van der Waals surface area contributed by atoms with Crippen LogP contribution in [0.25, 0.3) is 0 Å². The SMILES string of the molecule is CC(=O)N1CCC(C(=O)Nc2nc3c(s2)C[C@@]2(C)CC[C@@H]4[C@H](OC(=O)[C@H]4C)[C@H]2[C@@H]3C)CC1. The average molecular weight is 460 g/mol. The van der Waals surface area contributed by atoms with E-state index in [-0.39, 0.29) is 53.0 Å². The highest BCUT2D eigenvalue weighted by atomic mass is 32.1. The summed E-state index contributed by atoms with van der Waals surface area (Å²) in [5.41, 5.74) is 1.15. The Morgan fingerprint density at radius 3 is 2.59 bits per heavy atom. The second-order valence-corrected chi connectivity index (χ2v) is 11.7. The Labute approximate surface area is 193 Å². The number of likely N-dealkylation sites (tertiary alicyclic amines) is 1. The Balaban J connectivity index is 1.32. The molecule has 7 nitrogen and oxygen atoms in total. The molecule has 2 aliphatic carbocycles. The van der Waals surface area contributed by atoms with E-state index in [0.717, 1.165) is 25.0 Å². The molecule has 174 valence electrons. The van der Waals surface area contributed by atoms with Crippen LogP contribution in [0.4, 0.5) is 5.13 Å². The standard InChI is InChI=1S/C24H33N3O4S/c1-12-16-5-8-24(4)11-17-19(13(2)18(24)20(16)31-22(12)30)25-23(32-17)26-21(29)15-6-9-27(10-7-15)14(3)28/h12-13,15-16,18,20H,5-11H2,1-4H3,(H,25,26,29)/t12-,13-,16-,18+,20-,24+/m0/s1. The van der Waals surface area contributed by atoms with Crippen molar-refractivity contribution in [3.63, 3.8) is 0 Å². The van der Waals surface area contributed by atoms with Crippen molar-refractivity contribution in [1.82, 2.24) is 9.88 Å². The summed E-state index contributed by atoms with van der Waals surface area (Å²) < 4.78 is 5.91. The van der Waals surface area contributed by atoms with Crippen molar-refractivity contribution in [1.29, 1.82) is 0 Å². The highest BCUT2D eigenvalue weighted by Gasteiger charge is 2.58. The van der Waals surface area contributed by atoms with E-state index in [9.17, 15) is 14.4 Å². The van der Waals surface area contributed by atoms with E-state index in [4.69, 9.17) is 9.72 Å². The minimum Gasteiger partial charge on any atom is -0.461 e. The minimum atomic E-state index is -0.0794. The third kappa shape index (κ3) is 3.45. The first-order valence-electron chi connectivity index (χ1n) is 11.9. The zero-order chi connectivity index (χ0) is 22.8. The number of anilines is 1. The van der Waals surface area contributed by atoms with Gasteiger partial charge < -0.3 is 15.0 Å². The molecule has 32 heavy (non-hydrogen) atoms. The van der Waals surface area contributed by atoms with Gasteiger partial charge in [-0.1, -0.05) is 20.8 Å². The molecule has 3 heterocycles. The maximum absolute atomic E-state index is 12.9. The van der Waals surface area contributed by atoms with Gasteiger partial charge in [-0.3, -0.25) is 14.4 Å². The number of nitrogens with zero attached hydrogens (tertiary/aromatic N) is 2. The van der Waals surface area contributed by atoms with Gasteiger partial charge in [0.2, 0.25) is 11.8 Å². The lowest BCUT2D eigenvalue weighted by Gasteiger charge is -2.51. The van der Waals surface area contributed by atoms with Crippen LogP contribution < -0.4 is 5.32 Å². The molecule has 0 spiro atoms. The predicted octanol–water partition coefficient (Wildman–Crippen LogP) is 3.59. The summed E-state index contributed by atoms with van der Waals surface area (Å²) in [7, 11) is 0. The minimum absolute atomic E-state index is 0.00851. The van der Waals surface area contributed by atoms with Gasteiger partial charge in [0, 0.05) is 48.6 Å². The van der Waals surface area contributed by atoms with Gasteiger partial charge in [-0.15, -0.1) is 11.3 Å². The lowest BCUT2D eigenvalue weighted by molar-refractivity contribution is -0.149. The largest absolute Gasteiger partial charge is 0.461 e. The van der Waals surface area contributed by atoms with Crippen LogP contribution in [0, 0.1) is 29.1 Å². The number of aromatic nitrogens is 1. The summed E-state index contributed by atoms with van der Waals surface area (Å²) >= 11 is 1.60. The molecule has 2 saturated heterocycles. The van der Waals surface area contributed by atoms with Crippen LogP contribution in [0.5, 0.6) is 0 Å². The number of hydrogen-bond donors (Lipinski definition) is 1. The summed E-state index contributed by atoms with van der Waals surface area (Å²) in [5.74, 6) is 0.702. The van der Waals surface area contributed by atoms with Crippen LogP contribution in [0.3, 0.4) is 0 Å². The zero-order valence-electron chi connectivity index (χ0n) is 19.3. The Morgan fingerprint density at radius 2 is 1.91 bits per heavy atom. The monoisotopic (exact) mass is 459 g/mol. The number of carbonyl (C=O) groups is 3. The Hall–Kier alpha value is -1.96. The highest BCUT2D eigenvalue weighted by molar-refractivity contribution is 7.15. The normalized spacial score (nSPS) is 36.7. The predicted molar refractivity (Wildman–Crippen MR) is 121 cm³/mol. The van der Waals surface area contributed by atoms with Crippen LogP contribution in [-0.2, 0) is 25.5 Å². The fourth-order valence-corrected chi connectivity index (χ4v) is 8.06. The molecule has 4 aliphatic rings. The Morgan fingerprint density at radius 1 is 1.19 bits per heavy atom. The summed E-state index contributed by atoms with van der Waals surface area (Å²) in [6.07, 6.45) is 4.42. The fourth-order valence-electron chi connectivity index (χ4n) is 6.80. The van der Waals surface area contributed by atoms with Crippen LogP contribution in [0.15, 0.2) is 0 Å².